The van der Waals surface area contributed by atoms with Gasteiger partial charge in [-0.25, -0.2) is 13.1 Å². The Labute approximate surface area is 157 Å². The van der Waals surface area contributed by atoms with Gasteiger partial charge in [0.25, 0.3) is 0 Å². The summed E-state index contributed by atoms with van der Waals surface area (Å²) in [7, 11) is -1.43. The molecular formula is C15H31IN4O2S. The standard InChI is InChI=1S/C15H30N4O2S.HI/c1-13-5-4-9-19(12-13)15(16-2)17-8-10-22(20,21)18-11-14-6-3-7-14;/h13-14,18H,3-12H2,1-2H3,(H,16,17);1H. The summed E-state index contributed by atoms with van der Waals surface area (Å²) < 4.78 is 26.7. The number of nitrogens with zero attached hydrogens (tertiary/aromatic N) is 2. The van der Waals surface area contributed by atoms with Crippen LogP contribution in [0.5, 0.6) is 0 Å². The molecule has 1 saturated heterocycles. The van der Waals surface area contributed by atoms with Gasteiger partial charge in [-0.2, -0.15) is 0 Å². The van der Waals surface area contributed by atoms with E-state index in [1.807, 2.05) is 0 Å². The second kappa shape index (κ2) is 10.0. The number of nitrogens with one attached hydrogen (secondary N) is 2. The van der Waals surface area contributed by atoms with Crippen LogP contribution in [0.3, 0.4) is 0 Å². The summed E-state index contributed by atoms with van der Waals surface area (Å²) in [5.74, 6) is 2.13. The molecule has 0 spiro atoms. The molecule has 2 rings (SSSR count). The van der Waals surface area contributed by atoms with Gasteiger partial charge >= 0.3 is 0 Å². The van der Waals surface area contributed by atoms with Crippen molar-refractivity contribution in [1.82, 2.24) is 14.9 Å². The lowest BCUT2D eigenvalue weighted by Gasteiger charge is -2.33. The van der Waals surface area contributed by atoms with Crippen LogP contribution < -0.4 is 10.0 Å². The molecule has 8 heteroatoms. The second-order valence-corrected chi connectivity index (χ2v) is 8.56. The van der Waals surface area contributed by atoms with Crippen molar-refractivity contribution in [2.45, 2.75) is 39.0 Å². The lowest BCUT2D eigenvalue weighted by Crippen LogP contribution is -2.47. The van der Waals surface area contributed by atoms with E-state index >= 15 is 0 Å². The van der Waals surface area contributed by atoms with Crippen LogP contribution in [0.25, 0.3) is 0 Å². The van der Waals surface area contributed by atoms with Crippen molar-refractivity contribution in [2.75, 3.05) is 39.0 Å². The molecule has 1 unspecified atom stereocenters. The normalized spacial score (nSPS) is 23.1. The zero-order valence-corrected chi connectivity index (χ0v) is 17.4. The highest BCUT2D eigenvalue weighted by Crippen LogP contribution is 2.25. The summed E-state index contributed by atoms with van der Waals surface area (Å²) in [5, 5.41) is 3.19. The molecule has 0 radical (unpaired) electrons. The number of aliphatic imine (C=N–C) groups is 1. The largest absolute Gasteiger partial charge is 0.355 e. The van der Waals surface area contributed by atoms with E-state index in [1.54, 1.807) is 7.05 Å². The smallest absolute Gasteiger partial charge is 0.213 e. The molecular weight excluding hydrogens is 427 g/mol. The fourth-order valence-electron chi connectivity index (χ4n) is 3.03. The molecule has 136 valence electrons. The molecule has 0 bridgehead atoms. The summed E-state index contributed by atoms with van der Waals surface area (Å²) in [4.78, 5) is 6.50. The zero-order valence-electron chi connectivity index (χ0n) is 14.3. The Morgan fingerprint density at radius 2 is 2.00 bits per heavy atom. The van der Waals surface area contributed by atoms with Gasteiger partial charge in [-0.1, -0.05) is 13.3 Å². The zero-order chi connectivity index (χ0) is 16.0. The van der Waals surface area contributed by atoms with Crippen LogP contribution in [0, 0.1) is 11.8 Å². The number of hydrogen-bond donors (Lipinski definition) is 2. The van der Waals surface area contributed by atoms with E-state index in [2.05, 4.69) is 26.9 Å². The SMILES string of the molecule is CN=C(NCCS(=O)(=O)NCC1CCC1)N1CCCC(C)C1.I. The summed E-state index contributed by atoms with van der Waals surface area (Å²) in [6, 6.07) is 0. The number of rotatable bonds is 6. The highest BCUT2D eigenvalue weighted by Gasteiger charge is 2.21. The van der Waals surface area contributed by atoms with Gasteiger partial charge in [-0.3, -0.25) is 4.99 Å². The Kier molecular flexibility index (Phi) is 9.13. The summed E-state index contributed by atoms with van der Waals surface area (Å²) in [6.45, 7) is 5.23. The molecule has 6 nitrogen and oxygen atoms in total. The predicted octanol–water partition coefficient (Wildman–Crippen LogP) is 1.63. The molecule has 1 aliphatic heterocycles. The van der Waals surface area contributed by atoms with E-state index in [0.29, 0.717) is 24.9 Å². The maximum absolute atomic E-state index is 12.0. The Morgan fingerprint density at radius 1 is 1.26 bits per heavy atom. The third-order valence-corrected chi connectivity index (χ3v) is 5.99. The molecule has 2 fully saturated rings. The average Bonchev–Trinajstić information content (AvgIpc) is 2.41. The van der Waals surface area contributed by atoms with Crippen LogP contribution in [-0.2, 0) is 10.0 Å². The molecule has 1 aliphatic carbocycles. The van der Waals surface area contributed by atoms with Gasteiger partial charge in [0.15, 0.2) is 5.96 Å². The fraction of sp³-hybridized carbons (Fsp3) is 0.933. The van der Waals surface area contributed by atoms with Gasteiger partial charge in [0.2, 0.25) is 10.0 Å². The van der Waals surface area contributed by atoms with Crippen molar-refractivity contribution in [1.29, 1.82) is 0 Å². The monoisotopic (exact) mass is 458 g/mol. The van der Waals surface area contributed by atoms with E-state index < -0.39 is 10.0 Å². The minimum atomic E-state index is -3.18. The van der Waals surface area contributed by atoms with Gasteiger partial charge in [0, 0.05) is 33.2 Å². The van der Waals surface area contributed by atoms with Crippen LogP contribution >= 0.6 is 24.0 Å². The average molecular weight is 458 g/mol. The Balaban J connectivity index is 0.00000264. The second-order valence-electron chi connectivity index (χ2n) is 6.63. The van der Waals surface area contributed by atoms with Gasteiger partial charge in [0.05, 0.1) is 5.75 Å². The highest BCUT2D eigenvalue weighted by molar-refractivity contribution is 14.0. The first-order chi connectivity index (χ1) is 10.5. The molecule has 1 heterocycles. The number of hydrogen-bond acceptors (Lipinski definition) is 3. The molecule has 0 amide bonds. The van der Waals surface area contributed by atoms with Crippen molar-refractivity contribution >= 4 is 40.0 Å². The number of piperidine rings is 1. The topological polar surface area (TPSA) is 73.8 Å². The number of sulfonamides is 1. The van der Waals surface area contributed by atoms with E-state index in [9.17, 15) is 8.42 Å². The maximum atomic E-state index is 12.0. The predicted molar refractivity (Wildman–Crippen MR) is 106 cm³/mol. The van der Waals surface area contributed by atoms with Gasteiger partial charge in [0.1, 0.15) is 0 Å². The number of guanidine groups is 1. The first-order valence-corrected chi connectivity index (χ1v) is 10.1. The summed E-state index contributed by atoms with van der Waals surface area (Å²) >= 11 is 0. The molecule has 23 heavy (non-hydrogen) atoms. The minimum absolute atomic E-state index is 0. The van der Waals surface area contributed by atoms with Crippen molar-refractivity contribution in [3.63, 3.8) is 0 Å². The molecule has 1 saturated carbocycles. The third kappa shape index (κ3) is 7.13. The first kappa shape index (κ1) is 21.0. The minimum Gasteiger partial charge on any atom is -0.355 e. The number of halogens is 1. The summed E-state index contributed by atoms with van der Waals surface area (Å²) in [6.07, 6.45) is 5.97. The van der Waals surface area contributed by atoms with Gasteiger partial charge in [-0.05, 0) is 37.5 Å². The maximum Gasteiger partial charge on any atom is 0.213 e. The van der Waals surface area contributed by atoms with E-state index in [1.165, 1.54) is 19.3 Å². The molecule has 0 aromatic carbocycles. The van der Waals surface area contributed by atoms with Crippen molar-refractivity contribution in [2.24, 2.45) is 16.8 Å². The van der Waals surface area contributed by atoms with Crippen LogP contribution in [0.2, 0.25) is 0 Å². The van der Waals surface area contributed by atoms with E-state index in [4.69, 9.17) is 0 Å². The van der Waals surface area contributed by atoms with E-state index in [0.717, 1.165) is 31.9 Å². The molecule has 0 aromatic rings. The van der Waals surface area contributed by atoms with Crippen molar-refractivity contribution in [3.8, 4) is 0 Å². The van der Waals surface area contributed by atoms with E-state index in [-0.39, 0.29) is 29.7 Å². The molecule has 2 aliphatic rings. The Morgan fingerprint density at radius 3 is 2.57 bits per heavy atom. The Hall–Kier alpha value is -0.0900. The lowest BCUT2D eigenvalue weighted by molar-refractivity contribution is 0.266. The third-order valence-electron chi connectivity index (χ3n) is 4.64. The Bertz CT molecular complexity index is 480. The van der Waals surface area contributed by atoms with Crippen LogP contribution in [0.4, 0.5) is 0 Å². The van der Waals surface area contributed by atoms with Gasteiger partial charge < -0.3 is 10.2 Å². The lowest BCUT2D eigenvalue weighted by atomic mass is 9.86. The summed E-state index contributed by atoms with van der Waals surface area (Å²) in [5.41, 5.74) is 0. The van der Waals surface area contributed by atoms with Crippen LogP contribution in [-0.4, -0.2) is 58.3 Å². The molecule has 2 N–H and O–H groups in total. The van der Waals surface area contributed by atoms with Crippen molar-refractivity contribution < 1.29 is 8.42 Å². The van der Waals surface area contributed by atoms with Crippen molar-refractivity contribution in [3.05, 3.63) is 0 Å². The quantitative estimate of drug-likeness (QED) is 0.361. The van der Waals surface area contributed by atoms with Gasteiger partial charge in [-0.15, -0.1) is 24.0 Å². The molecule has 1 atom stereocenters. The highest BCUT2D eigenvalue weighted by atomic mass is 127. The van der Waals surface area contributed by atoms with Crippen LogP contribution in [0.15, 0.2) is 4.99 Å². The first-order valence-electron chi connectivity index (χ1n) is 8.43. The fourth-order valence-corrected chi connectivity index (χ4v) is 4.03. The van der Waals surface area contributed by atoms with Crippen LogP contribution in [0.1, 0.15) is 39.0 Å². The number of likely N-dealkylation sites (tertiary alicyclic amines) is 1. The molecule has 0 aromatic heterocycles.